The maximum absolute atomic E-state index is 14.1. The van der Waals surface area contributed by atoms with Crippen LogP contribution in [0.25, 0.3) is 11.3 Å². The molecule has 0 unspecified atom stereocenters. The quantitative estimate of drug-likeness (QED) is 0.513. The Balaban J connectivity index is 1.57. The van der Waals surface area contributed by atoms with Crippen molar-refractivity contribution in [2.24, 2.45) is 0 Å². The van der Waals surface area contributed by atoms with Gasteiger partial charge in [-0.2, -0.15) is 5.10 Å². The number of aryl methyl sites for hydroxylation is 3. The van der Waals surface area contributed by atoms with E-state index in [0.717, 1.165) is 60.2 Å². The molecule has 1 fully saturated rings. The number of anilines is 1. The third-order valence-corrected chi connectivity index (χ3v) is 7.85. The second-order valence-corrected chi connectivity index (χ2v) is 10.6. The summed E-state index contributed by atoms with van der Waals surface area (Å²) in [5.41, 5.74) is 5.17. The molecule has 0 saturated heterocycles. The van der Waals surface area contributed by atoms with E-state index in [2.05, 4.69) is 36.5 Å². The van der Waals surface area contributed by atoms with Crippen molar-refractivity contribution in [1.82, 2.24) is 15.1 Å². The van der Waals surface area contributed by atoms with Gasteiger partial charge in [-0.1, -0.05) is 62.6 Å². The van der Waals surface area contributed by atoms with Crippen molar-refractivity contribution in [3.8, 4) is 11.3 Å². The Morgan fingerprint density at radius 1 is 1.06 bits per heavy atom. The van der Waals surface area contributed by atoms with Crippen LogP contribution in [0.1, 0.15) is 73.1 Å². The van der Waals surface area contributed by atoms with Gasteiger partial charge in [-0.3, -0.25) is 19.2 Å². The lowest BCUT2D eigenvalue weighted by Crippen LogP contribution is -2.65. The van der Waals surface area contributed by atoms with Gasteiger partial charge in [0.05, 0.1) is 12.2 Å². The van der Waals surface area contributed by atoms with Gasteiger partial charge in [-0.15, -0.1) is 0 Å². The van der Waals surface area contributed by atoms with E-state index in [0.29, 0.717) is 12.2 Å². The zero-order valence-electron chi connectivity index (χ0n) is 21.8. The van der Waals surface area contributed by atoms with Gasteiger partial charge in [0.1, 0.15) is 11.2 Å². The maximum Gasteiger partial charge on any atom is 0.277 e. The molecule has 6 heteroatoms. The molecule has 3 aromatic rings. The standard InChI is InChI=1S/C30H36N4O2/c1-5-22-13-15-23(16-14-22)25-18-27-28(35)34(26-17-20(2)11-12-21(26)3)30(4,19-33(27)32-25)29(36)31-24-9-7-6-8-10-24/h11-18,24H,5-10,19H2,1-4H3,(H,31,36)/t30-/m1/s1. The summed E-state index contributed by atoms with van der Waals surface area (Å²) in [6.45, 7) is 8.32. The predicted octanol–water partition coefficient (Wildman–Crippen LogP) is 5.60. The molecule has 1 aromatic heterocycles. The van der Waals surface area contributed by atoms with Crippen LogP contribution < -0.4 is 10.2 Å². The first-order valence-corrected chi connectivity index (χ1v) is 13.2. The monoisotopic (exact) mass is 484 g/mol. The number of amides is 2. The van der Waals surface area contributed by atoms with Crippen LogP contribution in [-0.4, -0.2) is 33.2 Å². The van der Waals surface area contributed by atoms with E-state index in [1.54, 1.807) is 9.58 Å². The average Bonchev–Trinajstić information content (AvgIpc) is 3.31. The molecule has 2 aliphatic rings. The Morgan fingerprint density at radius 2 is 1.78 bits per heavy atom. The largest absolute Gasteiger partial charge is 0.351 e. The van der Waals surface area contributed by atoms with Gasteiger partial charge < -0.3 is 5.32 Å². The molecule has 1 aliphatic heterocycles. The number of carbonyl (C=O) groups is 2. The Bertz CT molecular complexity index is 1290. The molecule has 0 bridgehead atoms. The van der Waals surface area contributed by atoms with Crippen molar-refractivity contribution in [3.63, 3.8) is 0 Å². The molecular weight excluding hydrogens is 448 g/mol. The van der Waals surface area contributed by atoms with E-state index in [4.69, 9.17) is 5.10 Å². The van der Waals surface area contributed by atoms with Crippen molar-refractivity contribution in [2.45, 2.75) is 84.3 Å². The van der Waals surface area contributed by atoms with Gasteiger partial charge in [0, 0.05) is 17.3 Å². The zero-order valence-corrected chi connectivity index (χ0v) is 21.8. The summed E-state index contributed by atoms with van der Waals surface area (Å²) in [6, 6.07) is 16.4. The summed E-state index contributed by atoms with van der Waals surface area (Å²) in [4.78, 5) is 29.8. The zero-order chi connectivity index (χ0) is 25.4. The van der Waals surface area contributed by atoms with Crippen molar-refractivity contribution in [1.29, 1.82) is 0 Å². The normalized spacial score (nSPS) is 20.3. The highest BCUT2D eigenvalue weighted by molar-refractivity contribution is 6.12. The van der Waals surface area contributed by atoms with Gasteiger partial charge >= 0.3 is 0 Å². The van der Waals surface area contributed by atoms with Crippen LogP contribution in [0.2, 0.25) is 0 Å². The number of hydrogen-bond donors (Lipinski definition) is 1. The summed E-state index contributed by atoms with van der Waals surface area (Å²) in [5.74, 6) is -0.307. The summed E-state index contributed by atoms with van der Waals surface area (Å²) < 4.78 is 1.73. The predicted molar refractivity (Wildman–Crippen MR) is 143 cm³/mol. The molecule has 0 spiro atoms. The van der Waals surface area contributed by atoms with Crippen LogP contribution in [0.15, 0.2) is 48.5 Å². The summed E-state index contributed by atoms with van der Waals surface area (Å²) in [6.07, 6.45) is 6.43. The highest BCUT2D eigenvalue weighted by Gasteiger charge is 2.49. The fourth-order valence-corrected chi connectivity index (χ4v) is 5.56. The molecule has 2 aromatic carbocycles. The molecule has 6 nitrogen and oxygen atoms in total. The van der Waals surface area contributed by atoms with Crippen LogP contribution in [0.3, 0.4) is 0 Å². The van der Waals surface area contributed by atoms with E-state index < -0.39 is 5.54 Å². The first kappa shape index (κ1) is 24.3. The molecule has 5 rings (SSSR count). The Kier molecular flexibility index (Phi) is 6.45. The highest BCUT2D eigenvalue weighted by atomic mass is 16.2. The Morgan fingerprint density at radius 3 is 2.47 bits per heavy atom. The minimum atomic E-state index is -1.10. The van der Waals surface area contributed by atoms with E-state index in [-0.39, 0.29) is 17.9 Å². The molecule has 1 saturated carbocycles. The number of hydrogen-bond acceptors (Lipinski definition) is 3. The fraction of sp³-hybridized carbons (Fsp3) is 0.433. The summed E-state index contributed by atoms with van der Waals surface area (Å²) >= 11 is 0. The van der Waals surface area contributed by atoms with Gasteiger partial charge in [0.15, 0.2) is 0 Å². The average molecular weight is 485 g/mol. The SMILES string of the molecule is CCc1ccc(-c2cc3n(n2)C[C@](C)(C(=O)NC2CCCCC2)N(c2cc(C)ccc2C)C3=O)cc1. The number of nitrogens with one attached hydrogen (secondary N) is 1. The van der Waals surface area contributed by atoms with E-state index in [9.17, 15) is 9.59 Å². The maximum atomic E-state index is 14.1. The van der Waals surface area contributed by atoms with Crippen LogP contribution in [-0.2, 0) is 17.8 Å². The lowest BCUT2D eigenvalue weighted by molar-refractivity contribution is -0.127. The Hall–Kier alpha value is -3.41. The van der Waals surface area contributed by atoms with Gasteiger partial charge in [-0.25, -0.2) is 0 Å². The number of aromatic nitrogens is 2. The minimum absolute atomic E-state index is 0.112. The van der Waals surface area contributed by atoms with E-state index in [1.165, 1.54) is 12.0 Å². The third kappa shape index (κ3) is 4.34. The molecule has 1 aliphatic carbocycles. The molecular formula is C30H36N4O2. The molecule has 0 radical (unpaired) electrons. The molecule has 188 valence electrons. The number of rotatable bonds is 5. The molecule has 1 atom stereocenters. The van der Waals surface area contributed by atoms with Crippen molar-refractivity contribution in [2.75, 3.05) is 4.90 Å². The summed E-state index contributed by atoms with van der Waals surface area (Å²) in [7, 11) is 0. The van der Waals surface area contributed by atoms with Crippen molar-refractivity contribution < 1.29 is 9.59 Å². The number of carbonyl (C=O) groups excluding carboxylic acids is 2. The van der Waals surface area contributed by atoms with E-state index in [1.807, 2.05) is 45.0 Å². The minimum Gasteiger partial charge on any atom is -0.351 e. The van der Waals surface area contributed by atoms with Crippen LogP contribution in [0.4, 0.5) is 5.69 Å². The lowest BCUT2D eigenvalue weighted by Gasteiger charge is -2.44. The lowest BCUT2D eigenvalue weighted by atomic mass is 9.90. The smallest absolute Gasteiger partial charge is 0.277 e. The Labute approximate surface area is 213 Å². The number of fused-ring (bicyclic) bond motifs is 1. The highest BCUT2D eigenvalue weighted by Crippen LogP contribution is 2.36. The second kappa shape index (κ2) is 9.57. The topological polar surface area (TPSA) is 67.2 Å². The van der Waals surface area contributed by atoms with Crippen LogP contribution in [0, 0.1) is 13.8 Å². The van der Waals surface area contributed by atoms with Crippen LogP contribution >= 0.6 is 0 Å². The van der Waals surface area contributed by atoms with E-state index >= 15 is 0 Å². The molecule has 2 heterocycles. The molecule has 2 amide bonds. The third-order valence-electron chi connectivity index (χ3n) is 7.85. The first-order valence-electron chi connectivity index (χ1n) is 13.2. The van der Waals surface area contributed by atoms with Gasteiger partial charge in [0.2, 0.25) is 5.91 Å². The molecule has 1 N–H and O–H groups in total. The van der Waals surface area contributed by atoms with Gasteiger partial charge in [0.25, 0.3) is 5.91 Å². The first-order chi connectivity index (χ1) is 17.3. The summed E-state index contributed by atoms with van der Waals surface area (Å²) in [5, 5.41) is 8.10. The van der Waals surface area contributed by atoms with Crippen LogP contribution in [0.5, 0.6) is 0 Å². The van der Waals surface area contributed by atoms with Crippen molar-refractivity contribution >= 4 is 17.5 Å². The second-order valence-electron chi connectivity index (χ2n) is 10.6. The number of benzene rings is 2. The fourth-order valence-electron chi connectivity index (χ4n) is 5.56. The molecule has 36 heavy (non-hydrogen) atoms. The van der Waals surface area contributed by atoms with Crippen molar-refractivity contribution in [3.05, 3.63) is 70.9 Å². The van der Waals surface area contributed by atoms with Gasteiger partial charge in [-0.05, 0) is 68.9 Å². The number of nitrogens with zero attached hydrogens (tertiary/aromatic N) is 3.